The molecule has 0 aliphatic carbocycles. The Kier molecular flexibility index (Phi) is 5.84. The number of nitrogens with one attached hydrogen (secondary N) is 1. The van der Waals surface area contributed by atoms with Crippen molar-refractivity contribution in [1.82, 2.24) is 19.4 Å². The van der Waals surface area contributed by atoms with E-state index in [0.717, 1.165) is 11.8 Å². The van der Waals surface area contributed by atoms with Gasteiger partial charge in [0.05, 0.1) is 11.9 Å². The normalized spacial score (nSPS) is 18.2. The van der Waals surface area contributed by atoms with Crippen molar-refractivity contribution in [2.45, 2.75) is 44.7 Å². The Bertz CT molecular complexity index is 1130. The highest BCUT2D eigenvalue weighted by atomic mass is 32.2. The molecule has 2 aliphatic rings. The van der Waals surface area contributed by atoms with Gasteiger partial charge < -0.3 is 14.8 Å². The molecule has 1 aromatic heterocycles. The number of fused-ring (bicyclic) bond motifs is 1. The molecule has 174 valence electrons. The number of aromatic nitrogens is 2. The monoisotopic (exact) mass is 470 g/mol. The summed E-state index contributed by atoms with van der Waals surface area (Å²) in [7, 11) is -3.98. The molecule has 0 atom stereocenters. The Balaban J connectivity index is 1.38. The minimum Gasteiger partial charge on any atom is -0.454 e. The van der Waals surface area contributed by atoms with Crippen molar-refractivity contribution in [2.24, 2.45) is 5.41 Å². The summed E-state index contributed by atoms with van der Waals surface area (Å²) in [5.41, 5.74) is -0.00239. The van der Waals surface area contributed by atoms with Gasteiger partial charge in [-0.2, -0.15) is 18.2 Å². The highest BCUT2D eigenvalue weighted by Gasteiger charge is 2.41. The zero-order valence-corrected chi connectivity index (χ0v) is 18.5. The number of halogens is 2. The summed E-state index contributed by atoms with van der Waals surface area (Å²) in [4.78, 5) is 12.6. The van der Waals surface area contributed by atoms with E-state index in [0.29, 0.717) is 35.6 Å². The smallest absolute Gasteiger partial charge is 0.333 e. The van der Waals surface area contributed by atoms with Crippen molar-refractivity contribution < 1.29 is 31.5 Å². The van der Waals surface area contributed by atoms with Crippen LogP contribution in [0.2, 0.25) is 0 Å². The quantitative estimate of drug-likeness (QED) is 0.696. The first-order chi connectivity index (χ1) is 15.1. The minimum atomic E-state index is -3.98. The summed E-state index contributed by atoms with van der Waals surface area (Å²) < 4.78 is 64.0. The summed E-state index contributed by atoms with van der Waals surface area (Å²) >= 11 is 0. The number of carbonyl (C=O) groups excluding carboxylic acids is 1. The van der Waals surface area contributed by atoms with Crippen LogP contribution in [0.5, 0.6) is 11.5 Å². The number of carbonyl (C=O) groups is 1. The van der Waals surface area contributed by atoms with E-state index in [4.69, 9.17) is 9.47 Å². The van der Waals surface area contributed by atoms with Gasteiger partial charge in [-0.25, -0.2) is 13.1 Å². The van der Waals surface area contributed by atoms with Gasteiger partial charge in [0.25, 0.3) is 0 Å². The molecule has 0 bridgehead atoms. The number of rotatable bonds is 6. The average Bonchev–Trinajstić information content (AvgIpc) is 3.38. The summed E-state index contributed by atoms with van der Waals surface area (Å²) in [6.07, 6.45) is 1.56. The number of alkyl halides is 2. The van der Waals surface area contributed by atoms with E-state index < -0.39 is 22.0 Å². The Labute approximate surface area is 184 Å². The topological polar surface area (TPSA) is 103 Å². The van der Waals surface area contributed by atoms with Crippen molar-refractivity contribution in [3.63, 3.8) is 0 Å². The van der Waals surface area contributed by atoms with E-state index in [9.17, 15) is 22.0 Å². The third-order valence-corrected chi connectivity index (χ3v) is 8.07. The Morgan fingerprint density at radius 1 is 1.25 bits per heavy atom. The molecular formula is C20H24F2N4O5S. The van der Waals surface area contributed by atoms with E-state index in [-0.39, 0.29) is 36.4 Å². The fraction of sp³-hybridized carbons (Fsp3) is 0.500. The van der Waals surface area contributed by atoms with E-state index in [1.54, 1.807) is 13.0 Å². The van der Waals surface area contributed by atoms with E-state index >= 15 is 0 Å². The number of nitrogens with zero attached hydrogens (tertiary/aromatic N) is 3. The van der Waals surface area contributed by atoms with E-state index in [1.807, 2.05) is 12.1 Å². The number of piperidine rings is 1. The van der Waals surface area contributed by atoms with E-state index in [2.05, 4.69) is 10.4 Å². The number of benzene rings is 1. The zero-order valence-electron chi connectivity index (χ0n) is 17.7. The van der Waals surface area contributed by atoms with Gasteiger partial charge in [0, 0.05) is 25.0 Å². The largest absolute Gasteiger partial charge is 0.454 e. The molecule has 4 rings (SSSR count). The van der Waals surface area contributed by atoms with Crippen LogP contribution in [0, 0.1) is 12.3 Å². The third-order valence-electron chi connectivity index (χ3n) is 6.07. The number of hydrogen-bond donors (Lipinski definition) is 1. The maximum atomic E-state index is 13.0. The lowest BCUT2D eigenvalue weighted by molar-refractivity contribution is -0.132. The van der Waals surface area contributed by atoms with Gasteiger partial charge in [-0.15, -0.1) is 0 Å². The lowest BCUT2D eigenvalue weighted by Crippen LogP contribution is -2.48. The van der Waals surface area contributed by atoms with Gasteiger partial charge in [0.1, 0.15) is 4.90 Å². The molecule has 1 aromatic carbocycles. The van der Waals surface area contributed by atoms with Crippen molar-refractivity contribution in [2.75, 3.05) is 19.9 Å². The van der Waals surface area contributed by atoms with Crippen LogP contribution in [-0.4, -0.2) is 48.3 Å². The second-order valence-corrected chi connectivity index (χ2v) is 10.1. The van der Waals surface area contributed by atoms with Crippen molar-refractivity contribution >= 4 is 15.9 Å². The summed E-state index contributed by atoms with van der Waals surface area (Å²) in [5, 5.41) is 6.40. The molecule has 12 heteroatoms. The molecule has 2 aromatic rings. The Morgan fingerprint density at radius 2 is 1.94 bits per heavy atom. The lowest BCUT2D eigenvalue weighted by atomic mass is 9.80. The van der Waals surface area contributed by atoms with Crippen LogP contribution in [-0.2, 0) is 21.4 Å². The molecule has 9 nitrogen and oxygen atoms in total. The number of ether oxygens (including phenoxy) is 2. The second-order valence-electron chi connectivity index (χ2n) is 8.15. The highest BCUT2D eigenvalue weighted by molar-refractivity contribution is 7.89. The molecule has 0 saturated carbocycles. The fourth-order valence-electron chi connectivity index (χ4n) is 3.89. The van der Waals surface area contributed by atoms with Crippen molar-refractivity contribution in [1.29, 1.82) is 0 Å². The molecule has 0 radical (unpaired) electrons. The first-order valence-electron chi connectivity index (χ1n) is 10.1. The van der Waals surface area contributed by atoms with Crippen LogP contribution < -0.4 is 14.8 Å². The Hall–Kier alpha value is -2.73. The van der Waals surface area contributed by atoms with Crippen molar-refractivity contribution in [3.05, 3.63) is 35.7 Å². The zero-order chi connectivity index (χ0) is 23.1. The van der Waals surface area contributed by atoms with Crippen LogP contribution in [0.25, 0.3) is 0 Å². The number of amides is 1. The molecule has 3 heterocycles. The van der Waals surface area contributed by atoms with Gasteiger partial charge in [-0.1, -0.05) is 13.0 Å². The maximum Gasteiger partial charge on any atom is 0.333 e. The van der Waals surface area contributed by atoms with Crippen LogP contribution in [0.1, 0.15) is 37.6 Å². The van der Waals surface area contributed by atoms with Gasteiger partial charge >= 0.3 is 6.55 Å². The Morgan fingerprint density at radius 3 is 2.59 bits per heavy atom. The van der Waals surface area contributed by atoms with E-state index in [1.165, 1.54) is 11.2 Å². The summed E-state index contributed by atoms with van der Waals surface area (Å²) in [5.74, 6) is 1.12. The molecule has 1 amide bonds. The van der Waals surface area contributed by atoms with Gasteiger partial charge in [0.15, 0.2) is 11.5 Å². The predicted molar refractivity (Wildman–Crippen MR) is 109 cm³/mol. The van der Waals surface area contributed by atoms with Gasteiger partial charge in [-0.3, -0.25) is 4.79 Å². The molecule has 1 saturated heterocycles. The second kappa shape index (κ2) is 8.32. The molecule has 0 spiro atoms. The number of hydrogen-bond acceptors (Lipinski definition) is 6. The fourth-order valence-corrected chi connectivity index (χ4v) is 5.48. The molecule has 1 N–H and O–H groups in total. The van der Waals surface area contributed by atoms with Crippen LogP contribution in [0.15, 0.2) is 29.3 Å². The SMILES string of the molecule is Cc1c(S(=O)(=O)N2CCC(C)(C(=O)NCc3ccc4c(c3)OCO4)CC2)cnn1C(F)F. The molecule has 0 unspecified atom stereocenters. The maximum absolute atomic E-state index is 13.0. The van der Waals surface area contributed by atoms with Crippen LogP contribution in [0.4, 0.5) is 8.78 Å². The molecular weight excluding hydrogens is 446 g/mol. The molecule has 1 fully saturated rings. The van der Waals surface area contributed by atoms with Crippen LogP contribution in [0.3, 0.4) is 0 Å². The van der Waals surface area contributed by atoms with Crippen LogP contribution >= 0.6 is 0 Å². The van der Waals surface area contributed by atoms with Crippen molar-refractivity contribution in [3.8, 4) is 11.5 Å². The molecule has 2 aliphatic heterocycles. The first-order valence-corrected chi connectivity index (χ1v) is 11.5. The lowest BCUT2D eigenvalue weighted by Gasteiger charge is -2.37. The van der Waals surface area contributed by atoms with Gasteiger partial charge in [-0.05, 0) is 37.5 Å². The standard InChI is InChI=1S/C20H24F2N4O5S/c1-13-17(11-24-26(13)19(21)22)32(28,29)25-7-5-20(2,6-8-25)18(27)23-10-14-3-4-15-16(9-14)31-12-30-15/h3-4,9,11,19H,5-8,10,12H2,1-2H3,(H,23,27). The minimum absolute atomic E-state index is 0.107. The predicted octanol–water partition coefficient (Wildman–Crippen LogP) is 2.42. The summed E-state index contributed by atoms with van der Waals surface area (Å²) in [6, 6.07) is 5.43. The summed E-state index contributed by atoms with van der Waals surface area (Å²) in [6.45, 7) is 0.863. The highest BCUT2D eigenvalue weighted by Crippen LogP contribution is 2.35. The average molecular weight is 470 g/mol. The molecule has 32 heavy (non-hydrogen) atoms. The third kappa shape index (κ3) is 4.04. The van der Waals surface area contributed by atoms with Gasteiger partial charge in [0.2, 0.25) is 22.7 Å². The number of sulfonamides is 1. The first kappa shape index (κ1) is 22.5.